The number of alkyl carbamates (subject to hydrolysis) is 1. The number of benzene rings is 1. The lowest BCUT2D eigenvalue weighted by atomic mass is 9.98. The summed E-state index contributed by atoms with van der Waals surface area (Å²) in [6.45, 7) is 6.38. The zero-order chi connectivity index (χ0) is 14.8. The molecule has 0 fully saturated rings. The first kappa shape index (κ1) is 14.5. The van der Waals surface area contributed by atoms with Crippen molar-refractivity contribution in [3.05, 3.63) is 23.8 Å². The van der Waals surface area contributed by atoms with Crippen LogP contribution in [0.25, 0.3) is 0 Å². The third-order valence-corrected chi connectivity index (χ3v) is 3.07. The summed E-state index contributed by atoms with van der Waals surface area (Å²) in [6, 6.07) is 5.76. The average molecular weight is 278 g/mol. The number of amides is 1. The third-order valence-electron chi connectivity index (χ3n) is 3.07. The van der Waals surface area contributed by atoms with Crippen LogP contribution in [-0.2, 0) is 4.74 Å². The average Bonchev–Trinajstić information content (AvgIpc) is 2.36. The number of anilines is 1. The van der Waals surface area contributed by atoms with E-state index in [0.29, 0.717) is 0 Å². The number of hydrogen-bond donors (Lipinski definition) is 2. The van der Waals surface area contributed by atoms with Crippen molar-refractivity contribution in [1.82, 2.24) is 5.32 Å². The topological polar surface area (TPSA) is 59.6 Å². The molecule has 0 saturated heterocycles. The highest BCUT2D eigenvalue weighted by atomic mass is 16.6. The Hall–Kier alpha value is -1.91. The van der Waals surface area contributed by atoms with Crippen LogP contribution in [0.5, 0.6) is 5.75 Å². The molecule has 1 aromatic rings. The summed E-state index contributed by atoms with van der Waals surface area (Å²) in [4.78, 5) is 11.9. The first-order chi connectivity index (χ1) is 9.39. The van der Waals surface area contributed by atoms with Gasteiger partial charge in [0.1, 0.15) is 11.4 Å². The molecule has 5 heteroatoms. The Balaban J connectivity index is 2.13. The highest BCUT2D eigenvalue weighted by Gasteiger charge is 2.24. The lowest BCUT2D eigenvalue weighted by molar-refractivity contribution is 0.0501. The highest BCUT2D eigenvalue weighted by Crippen LogP contribution is 2.32. The second kappa shape index (κ2) is 5.61. The second-order valence-corrected chi connectivity index (χ2v) is 5.87. The molecule has 0 spiro atoms. The van der Waals surface area contributed by atoms with Gasteiger partial charge in [0.2, 0.25) is 0 Å². The van der Waals surface area contributed by atoms with Crippen molar-refractivity contribution in [2.75, 3.05) is 19.0 Å². The van der Waals surface area contributed by atoms with Gasteiger partial charge in [-0.15, -0.1) is 0 Å². The zero-order valence-corrected chi connectivity index (χ0v) is 12.4. The highest BCUT2D eigenvalue weighted by molar-refractivity contribution is 5.70. The van der Waals surface area contributed by atoms with Crippen LogP contribution in [0.15, 0.2) is 18.2 Å². The minimum Gasteiger partial charge on any atom is -0.497 e. The van der Waals surface area contributed by atoms with E-state index in [-0.39, 0.29) is 6.04 Å². The largest absolute Gasteiger partial charge is 0.497 e. The molecule has 1 aliphatic heterocycles. The first-order valence-electron chi connectivity index (χ1n) is 6.80. The van der Waals surface area contributed by atoms with Crippen molar-refractivity contribution in [3.8, 4) is 5.75 Å². The summed E-state index contributed by atoms with van der Waals surface area (Å²) in [6.07, 6.45) is 0.428. The van der Waals surface area contributed by atoms with E-state index < -0.39 is 11.7 Å². The van der Waals surface area contributed by atoms with Gasteiger partial charge in [0.25, 0.3) is 0 Å². The summed E-state index contributed by atoms with van der Waals surface area (Å²) in [7, 11) is 1.63. The fourth-order valence-electron chi connectivity index (χ4n) is 2.22. The molecule has 0 aliphatic carbocycles. The van der Waals surface area contributed by atoms with E-state index in [1.165, 1.54) is 0 Å². The molecule has 1 aliphatic rings. The van der Waals surface area contributed by atoms with Crippen molar-refractivity contribution in [2.45, 2.75) is 38.8 Å². The Labute approximate surface area is 119 Å². The molecule has 2 N–H and O–H groups in total. The first-order valence-corrected chi connectivity index (χ1v) is 6.80. The van der Waals surface area contributed by atoms with E-state index in [2.05, 4.69) is 10.6 Å². The van der Waals surface area contributed by atoms with Crippen LogP contribution in [0.3, 0.4) is 0 Å². The molecule has 110 valence electrons. The SMILES string of the molecule is COc1ccc2c(c1)[C@H](NC(=O)OC(C)(C)C)CCN2. The molecular weight excluding hydrogens is 256 g/mol. The standard InChI is InChI=1S/C15H22N2O3/c1-15(2,3)20-14(18)17-13-7-8-16-12-6-5-10(19-4)9-11(12)13/h5-6,9,13,16H,7-8H2,1-4H3,(H,17,18)/t13-/m1/s1. The van der Waals surface area contributed by atoms with Gasteiger partial charge in [-0.2, -0.15) is 0 Å². The van der Waals surface area contributed by atoms with Gasteiger partial charge in [0.15, 0.2) is 0 Å². The van der Waals surface area contributed by atoms with Crippen LogP contribution in [0.1, 0.15) is 38.8 Å². The van der Waals surface area contributed by atoms with E-state index in [1.807, 2.05) is 39.0 Å². The molecule has 0 bridgehead atoms. The van der Waals surface area contributed by atoms with Gasteiger partial charge < -0.3 is 20.1 Å². The number of hydrogen-bond acceptors (Lipinski definition) is 4. The molecule has 1 heterocycles. The van der Waals surface area contributed by atoms with Crippen LogP contribution in [0, 0.1) is 0 Å². The normalized spacial score (nSPS) is 17.7. The molecule has 5 nitrogen and oxygen atoms in total. The molecule has 1 aromatic carbocycles. The number of nitrogens with one attached hydrogen (secondary N) is 2. The van der Waals surface area contributed by atoms with Crippen LogP contribution < -0.4 is 15.4 Å². The van der Waals surface area contributed by atoms with E-state index in [1.54, 1.807) is 7.11 Å². The maximum Gasteiger partial charge on any atom is 0.408 e. The Kier molecular flexibility index (Phi) is 4.06. The molecule has 0 radical (unpaired) electrons. The molecule has 1 atom stereocenters. The molecule has 20 heavy (non-hydrogen) atoms. The molecule has 1 amide bonds. The number of rotatable bonds is 2. The van der Waals surface area contributed by atoms with Crippen molar-refractivity contribution in [2.24, 2.45) is 0 Å². The predicted octanol–water partition coefficient (Wildman–Crippen LogP) is 3.08. The zero-order valence-electron chi connectivity index (χ0n) is 12.4. The van der Waals surface area contributed by atoms with Gasteiger partial charge in [-0.25, -0.2) is 4.79 Å². The van der Waals surface area contributed by atoms with Gasteiger partial charge in [0.05, 0.1) is 13.2 Å². The summed E-state index contributed by atoms with van der Waals surface area (Å²) in [5.41, 5.74) is 1.56. The number of carbonyl (C=O) groups excluding carboxylic acids is 1. The Morgan fingerprint density at radius 1 is 1.40 bits per heavy atom. The van der Waals surface area contributed by atoms with Gasteiger partial charge in [-0.3, -0.25) is 0 Å². The molecule has 0 unspecified atom stereocenters. The molecule has 0 aromatic heterocycles. The fraction of sp³-hybridized carbons (Fsp3) is 0.533. The Morgan fingerprint density at radius 2 is 2.15 bits per heavy atom. The maximum atomic E-state index is 11.9. The van der Waals surface area contributed by atoms with Crippen molar-refractivity contribution in [1.29, 1.82) is 0 Å². The van der Waals surface area contributed by atoms with Crippen LogP contribution in [0.4, 0.5) is 10.5 Å². The predicted molar refractivity (Wildman–Crippen MR) is 78.2 cm³/mol. The third kappa shape index (κ3) is 3.56. The number of carbonyl (C=O) groups is 1. The van der Waals surface area contributed by atoms with E-state index >= 15 is 0 Å². The molecular formula is C15H22N2O3. The van der Waals surface area contributed by atoms with Crippen LogP contribution in [-0.4, -0.2) is 25.3 Å². The van der Waals surface area contributed by atoms with E-state index in [9.17, 15) is 4.79 Å². The van der Waals surface area contributed by atoms with Crippen LogP contribution >= 0.6 is 0 Å². The number of ether oxygens (including phenoxy) is 2. The second-order valence-electron chi connectivity index (χ2n) is 5.87. The lowest BCUT2D eigenvalue weighted by Crippen LogP contribution is -2.37. The van der Waals surface area contributed by atoms with Gasteiger partial charge in [-0.05, 0) is 45.4 Å². The monoisotopic (exact) mass is 278 g/mol. The van der Waals surface area contributed by atoms with Crippen molar-refractivity contribution >= 4 is 11.8 Å². The van der Waals surface area contributed by atoms with Crippen molar-refractivity contribution in [3.63, 3.8) is 0 Å². The molecule has 2 rings (SSSR count). The number of fused-ring (bicyclic) bond motifs is 1. The Bertz CT molecular complexity index is 494. The summed E-state index contributed by atoms with van der Waals surface area (Å²) in [5.74, 6) is 0.781. The Morgan fingerprint density at radius 3 is 2.80 bits per heavy atom. The quantitative estimate of drug-likeness (QED) is 0.873. The fourth-order valence-corrected chi connectivity index (χ4v) is 2.22. The van der Waals surface area contributed by atoms with Gasteiger partial charge in [-0.1, -0.05) is 0 Å². The van der Waals surface area contributed by atoms with Gasteiger partial charge >= 0.3 is 6.09 Å². The summed E-state index contributed by atoms with van der Waals surface area (Å²) >= 11 is 0. The maximum absolute atomic E-state index is 11.9. The minimum absolute atomic E-state index is 0.0591. The minimum atomic E-state index is -0.492. The summed E-state index contributed by atoms with van der Waals surface area (Å²) < 4.78 is 10.6. The van der Waals surface area contributed by atoms with E-state index in [0.717, 1.165) is 30.0 Å². The van der Waals surface area contributed by atoms with E-state index in [4.69, 9.17) is 9.47 Å². The number of methoxy groups -OCH3 is 1. The lowest BCUT2D eigenvalue weighted by Gasteiger charge is -2.29. The van der Waals surface area contributed by atoms with Crippen LogP contribution in [0.2, 0.25) is 0 Å². The molecule has 0 saturated carbocycles. The van der Waals surface area contributed by atoms with Gasteiger partial charge in [0, 0.05) is 17.8 Å². The van der Waals surface area contributed by atoms with Crippen molar-refractivity contribution < 1.29 is 14.3 Å². The summed E-state index contributed by atoms with van der Waals surface area (Å²) in [5, 5.41) is 6.24. The smallest absolute Gasteiger partial charge is 0.408 e.